The van der Waals surface area contributed by atoms with Gasteiger partial charge in [0, 0.05) is 5.56 Å². The minimum absolute atomic E-state index is 0. The van der Waals surface area contributed by atoms with Gasteiger partial charge in [-0.3, -0.25) is 9.69 Å². The van der Waals surface area contributed by atoms with E-state index < -0.39 is 0 Å². The smallest absolute Gasteiger partial charge is 0.179 e. The Morgan fingerprint density at radius 1 is 1.19 bits per heavy atom. The molecule has 0 N–H and O–H groups in total. The van der Waals surface area contributed by atoms with E-state index in [2.05, 4.69) is 18.7 Å². The van der Waals surface area contributed by atoms with Crippen LogP contribution in [0.25, 0.3) is 0 Å². The lowest BCUT2D eigenvalue weighted by molar-refractivity contribution is 0.0851. The van der Waals surface area contributed by atoms with Crippen LogP contribution >= 0.6 is 12.4 Å². The molecule has 0 bridgehead atoms. The van der Waals surface area contributed by atoms with E-state index >= 15 is 0 Å². The van der Waals surface area contributed by atoms with Crippen LogP contribution in [-0.4, -0.2) is 29.8 Å². The number of hydrogen-bond acceptors (Lipinski definition) is 2. The highest BCUT2D eigenvalue weighted by atomic mass is 35.5. The molecule has 1 aromatic carbocycles. The third kappa shape index (κ3) is 3.62. The number of rotatable bonds is 5. The predicted octanol–water partition coefficient (Wildman–Crippen LogP) is 3.02. The van der Waals surface area contributed by atoms with Crippen molar-refractivity contribution >= 4 is 18.2 Å². The van der Waals surface area contributed by atoms with Crippen LogP contribution in [0.5, 0.6) is 0 Å². The zero-order valence-corrected chi connectivity index (χ0v) is 11.0. The number of carbonyl (C=O) groups excluding carboxylic acids is 1. The van der Waals surface area contributed by atoms with Crippen LogP contribution in [0, 0.1) is 0 Å². The van der Waals surface area contributed by atoms with Crippen molar-refractivity contribution in [2.24, 2.45) is 0 Å². The fourth-order valence-corrected chi connectivity index (χ4v) is 1.78. The van der Waals surface area contributed by atoms with Gasteiger partial charge in [-0.15, -0.1) is 12.4 Å². The van der Waals surface area contributed by atoms with Crippen molar-refractivity contribution in [3.63, 3.8) is 0 Å². The summed E-state index contributed by atoms with van der Waals surface area (Å²) in [6, 6.07) is 9.47. The summed E-state index contributed by atoms with van der Waals surface area (Å²) in [6.07, 6.45) is 0. The van der Waals surface area contributed by atoms with Crippen LogP contribution in [0.3, 0.4) is 0 Å². The molecule has 16 heavy (non-hydrogen) atoms. The second-order valence-electron chi connectivity index (χ2n) is 3.63. The standard InChI is InChI=1S/C13H19NO.ClH/c1-4-14(5-2)11(3)13(15)12-9-7-6-8-10-12;/h6-11H,4-5H2,1-3H3;1H/t11-;/m0./s1. The first-order valence-corrected chi connectivity index (χ1v) is 5.54. The Balaban J connectivity index is 0.00000225. The zero-order chi connectivity index (χ0) is 11.3. The van der Waals surface area contributed by atoms with Crippen molar-refractivity contribution in [3.8, 4) is 0 Å². The summed E-state index contributed by atoms with van der Waals surface area (Å²) in [6.45, 7) is 7.96. The summed E-state index contributed by atoms with van der Waals surface area (Å²) in [5, 5.41) is 0. The van der Waals surface area contributed by atoms with Crippen LogP contribution in [0.4, 0.5) is 0 Å². The number of likely N-dealkylation sites (N-methyl/N-ethyl adjacent to an activating group) is 1. The Morgan fingerprint density at radius 2 is 1.69 bits per heavy atom. The van der Waals surface area contributed by atoms with Gasteiger partial charge in [-0.1, -0.05) is 44.2 Å². The predicted molar refractivity (Wildman–Crippen MR) is 70.4 cm³/mol. The van der Waals surface area contributed by atoms with E-state index in [0.717, 1.165) is 18.7 Å². The topological polar surface area (TPSA) is 20.3 Å². The van der Waals surface area contributed by atoms with Gasteiger partial charge in [0.1, 0.15) is 0 Å². The van der Waals surface area contributed by atoms with Crippen molar-refractivity contribution in [2.75, 3.05) is 13.1 Å². The Labute approximate surface area is 104 Å². The van der Waals surface area contributed by atoms with E-state index in [-0.39, 0.29) is 24.2 Å². The Bertz CT molecular complexity index is 309. The highest BCUT2D eigenvalue weighted by molar-refractivity contribution is 5.99. The molecular formula is C13H20ClNO. The van der Waals surface area contributed by atoms with Crippen LogP contribution in [0.2, 0.25) is 0 Å². The number of ketones is 1. The minimum atomic E-state index is -0.0256. The van der Waals surface area contributed by atoms with Crippen LogP contribution in [0.1, 0.15) is 31.1 Å². The molecule has 90 valence electrons. The Morgan fingerprint density at radius 3 is 2.12 bits per heavy atom. The second kappa shape index (κ2) is 7.42. The van der Waals surface area contributed by atoms with Crippen molar-refractivity contribution in [1.82, 2.24) is 4.90 Å². The Kier molecular flexibility index (Phi) is 7.02. The summed E-state index contributed by atoms with van der Waals surface area (Å²) in [5.74, 6) is 0.208. The maximum absolute atomic E-state index is 12.1. The zero-order valence-electron chi connectivity index (χ0n) is 10.1. The van der Waals surface area contributed by atoms with E-state index in [0.29, 0.717) is 0 Å². The summed E-state index contributed by atoms with van der Waals surface area (Å²) in [7, 11) is 0. The number of hydrogen-bond donors (Lipinski definition) is 0. The van der Waals surface area contributed by atoms with E-state index in [1.54, 1.807) is 0 Å². The quantitative estimate of drug-likeness (QED) is 0.739. The molecule has 2 nitrogen and oxygen atoms in total. The number of carbonyl (C=O) groups is 1. The van der Waals surface area contributed by atoms with Gasteiger partial charge < -0.3 is 0 Å². The molecule has 0 saturated heterocycles. The van der Waals surface area contributed by atoms with Gasteiger partial charge in [0.15, 0.2) is 5.78 Å². The van der Waals surface area contributed by atoms with Gasteiger partial charge in [0.2, 0.25) is 0 Å². The summed E-state index contributed by atoms with van der Waals surface area (Å²) < 4.78 is 0. The molecule has 0 aromatic heterocycles. The average Bonchev–Trinajstić information content (AvgIpc) is 2.30. The highest BCUT2D eigenvalue weighted by Gasteiger charge is 2.19. The van der Waals surface area contributed by atoms with E-state index in [1.165, 1.54) is 0 Å². The number of halogens is 1. The summed E-state index contributed by atoms with van der Waals surface area (Å²) >= 11 is 0. The van der Waals surface area contributed by atoms with E-state index in [1.807, 2.05) is 37.3 Å². The van der Waals surface area contributed by atoms with Crippen molar-refractivity contribution < 1.29 is 4.79 Å². The molecule has 1 aromatic rings. The van der Waals surface area contributed by atoms with Crippen LogP contribution in [-0.2, 0) is 0 Å². The first-order valence-electron chi connectivity index (χ1n) is 5.54. The van der Waals surface area contributed by atoms with Crippen LogP contribution in [0.15, 0.2) is 30.3 Å². The lowest BCUT2D eigenvalue weighted by atomic mass is 10.0. The molecule has 0 radical (unpaired) electrons. The third-order valence-electron chi connectivity index (χ3n) is 2.80. The average molecular weight is 242 g/mol. The lowest BCUT2D eigenvalue weighted by Crippen LogP contribution is -2.38. The molecule has 0 aliphatic heterocycles. The summed E-state index contributed by atoms with van der Waals surface area (Å²) in [4.78, 5) is 14.2. The van der Waals surface area contributed by atoms with Crippen molar-refractivity contribution in [2.45, 2.75) is 26.8 Å². The first kappa shape index (κ1) is 15.1. The number of benzene rings is 1. The van der Waals surface area contributed by atoms with Gasteiger partial charge in [-0.05, 0) is 20.0 Å². The third-order valence-corrected chi connectivity index (χ3v) is 2.80. The Hall–Kier alpha value is -0.860. The van der Waals surface area contributed by atoms with Gasteiger partial charge in [0.25, 0.3) is 0 Å². The maximum atomic E-state index is 12.1. The fraction of sp³-hybridized carbons (Fsp3) is 0.462. The second-order valence-corrected chi connectivity index (χ2v) is 3.63. The molecule has 0 amide bonds. The molecular weight excluding hydrogens is 222 g/mol. The molecule has 1 atom stereocenters. The molecule has 3 heteroatoms. The number of Topliss-reactive ketones (excluding diaryl/α,β-unsaturated/α-hetero) is 1. The molecule has 0 aliphatic rings. The normalized spacial score (nSPS) is 12.0. The molecule has 0 saturated carbocycles. The van der Waals surface area contributed by atoms with Crippen molar-refractivity contribution in [3.05, 3.63) is 35.9 Å². The largest absolute Gasteiger partial charge is 0.294 e. The molecule has 0 aliphatic carbocycles. The van der Waals surface area contributed by atoms with Crippen LogP contribution < -0.4 is 0 Å². The molecule has 1 rings (SSSR count). The van der Waals surface area contributed by atoms with Gasteiger partial charge >= 0.3 is 0 Å². The molecule has 0 heterocycles. The molecule has 0 fully saturated rings. The maximum Gasteiger partial charge on any atom is 0.179 e. The fourth-order valence-electron chi connectivity index (χ4n) is 1.78. The summed E-state index contributed by atoms with van der Waals surface area (Å²) in [5.41, 5.74) is 0.803. The SMILES string of the molecule is CCN(CC)[C@@H](C)C(=O)c1ccccc1.Cl. The van der Waals surface area contributed by atoms with E-state index in [4.69, 9.17) is 0 Å². The minimum Gasteiger partial charge on any atom is -0.294 e. The van der Waals surface area contributed by atoms with Gasteiger partial charge in [-0.2, -0.15) is 0 Å². The molecule has 0 spiro atoms. The molecule has 0 unspecified atom stereocenters. The van der Waals surface area contributed by atoms with E-state index in [9.17, 15) is 4.79 Å². The monoisotopic (exact) mass is 241 g/mol. The van der Waals surface area contributed by atoms with Gasteiger partial charge in [0.05, 0.1) is 6.04 Å². The van der Waals surface area contributed by atoms with Crippen molar-refractivity contribution in [1.29, 1.82) is 0 Å². The number of nitrogens with zero attached hydrogens (tertiary/aromatic N) is 1. The van der Waals surface area contributed by atoms with Gasteiger partial charge in [-0.25, -0.2) is 0 Å². The first-order chi connectivity index (χ1) is 7.20. The lowest BCUT2D eigenvalue weighted by Gasteiger charge is -2.25. The highest BCUT2D eigenvalue weighted by Crippen LogP contribution is 2.08.